The summed E-state index contributed by atoms with van der Waals surface area (Å²) in [5.74, 6) is 1.57. The maximum atomic E-state index is 12.5. The van der Waals surface area contributed by atoms with Crippen LogP contribution < -0.4 is 5.32 Å². The summed E-state index contributed by atoms with van der Waals surface area (Å²) in [5.41, 5.74) is 3.75. The van der Waals surface area contributed by atoms with E-state index in [0.717, 1.165) is 28.3 Å². The minimum Gasteiger partial charge on any atom is -0.467 e. The van der Waals surface area contributed by atoms with Gasteiger partial charge in [0.15, 0.2) is 11.0 Å². The van der Waals surface area contributed by atoms with Gasteiger partial charge in [0.05, 0.1) is 18.6 Å². The molecular formula is C23H21ClN4O2S. The van der Waals surface area contributed by atoms with Gasteiger partial charge in [0.1, 0.15) is 5.76 Å². The second-order valence-electron chi connectivity index (χ2n) is 7.14. The van der Waals surface area contributed by atoms with Crippen LogP contribution in [0.25, 0.3) is 11.4 Å². The van der Waals surface area contributed by atoms with E-state index in [1.54, 1.807) is 18.4 Å². The number of hydrogen-bond acceptors (Lipinski definition) is 5. The third kappa shape index (κ3) is 5.18. The van der Waals surface area contributed by atoms with Gasteiger partial charge in [-0.1, -0.05) is 53.2 Å². The SMILES string of the molecule is Cc1cccc(-c2nnc(SCC(=O)Nc3cc(Cl)ccc3C)n2Cc2ccco2)c1. The molecule has 0 saturated carbocycles. The highest BCUT2D eigenvalue weighted by atomic mass is 35.5. The van der Waals surface area contributed by atoms with Crippen LogP contribution in [0.5, 0.6) is 0 Å². The van der Waals surface area contributed by atoms with E-state index < -0.39 is 0 Å². The van der Waals surface area contributed by atoms with Gasteiger partial charge in [0, 0.05) is 16.3 Å². The summed E-state index contributed by atoms with van der Waals surface area (Å²) >= 11 is 7.38. The van der Waals surface area contributed by atoms with E-state index in [9.17, 15) is 4.79 Å². The number of aromatic nitrogens is 3. The number of hydrogen-bond donors (Lipinski definition) is 1. The van der Waals surface area contributed by atoms with Gasteiger partial charge in [-0.2, -0.15) is 0 Å². The summed E-state index contributed by atoms with van der Waals surface area (Å²) in [6, 6.07) is 17.3. The molecule has 0 bridgehead atoms. The summed E-state index contributed by atoms with van der Waals surface area (Å²) in [6.45, 7) is 4.43. The number of amides is 1. The van der Waals surface area contributed by atoms with Crippen LogP contribution in [-0.4, -0.2) is 26.4 Å². The molecule has 1 amide bonds. The van der Waals surface area contributed by atoms with Crippen molar-refractivity contribution >= 4 is 35.0 Å². The molecule has 2 aromatic heterocycles. The zero-order valence-corrected chi connectivity index (χ0v) is 18.7. The van der Waals surface area contributed by atoms with Gasteiger partial charge >= 0.3 is 0 Å². The van der Waals surface area contributed by atoms with Crippen molar-refractivity contribution in [2.24, 2.45) is 0 Å². The van der Waals surface area contributed by atoms with Crippen LogP contribution in [0.1, 0.15) is 16.9 Å². The lowest BCUT2D eigenvalue weighted by Crippen LogP contribution is -2.15. The summed E-state index contributed by atoms with van der Waals surface area (Å²) in [5, 5.41) is 12.9. The number of anilines is 1. The minimum atomic E-state index is -0.139. The average Bonchev–Trinajstić information content (AvgIpc) is 3.40. The van der Waals surface area contributed by atoms with Crippen LogP contribution in [-0.2, 0) is 11.3 Å². The molecule has 6 nitrogen and oxygen atoms in total. The Hall–Kier alpha value is -3.03. The van der Waals surface area contributed by atoms with Crippen LogP contribution in [0.4, 0.5) is 5.69 Å². The van der Waals surface area contributed by atoms with Crippen LogP contribution >= 0.6 is 23.4 Å². The number of thioether (sulfide) groups is 1. The Balaban J connectivity index is 1.54. The molecule has 0 aliphatic carbocycles. The summed E-state index contributed by atoms with van der Waals surface area (Å²) in [6.07, 6.45) is 1.64. The number of nitrogens with zero attached hydrogens (tertiary/aromatic N) is 3. The van der Waals surface area contributed by atoms with E-state index in [1.165, 1.54) is 11.8 Å². The molecular weight excluding hydrogens is 432 g/mol. The fourth-order valence-electron chi connectivity index (χ4n) is 3.14. The van der Waals surface area contributed by atoms with Crippen molar-refractivity contribution in [3.05, 3.63) is 82.8 Å². The zero-order valence-electron chi connectivity index (χ0n) is 17.1. The van der Waals surface area contributed by atoms with E-state index in [4.69, 9.17) is 16.0 Å². The number of rotatable bonds is 7. The first-order valence-corrected chi connectivity index (χ1v) is 11.1. The zero-order chi connectivity index (χ0) is 21.8. The molecule has 0 unspecified atom stereocenters. The standard InChI is InChI=1S/C23H21ClN4O2S/c1-15-5-3-6-17(11-15)22-26-27-23(28(22)13-19-7-4-10-30-19)31-14-21(29)25-20-12-18(24)9-8-16(20)2/h3-12H,13-14H2,1-2H3,(H,25,29). The van der Waals surface area contributed by atoms with Crippen molar-refractivity contribution in [1.29, 1.82) is 0 Å². The normalized spacial score (nSPS) is 10.9. The van der Waals surface area contributed by atoms with Crippen molar-refractivity contribution < 1.29 is 9.21 Å². The second kappa shape index (κ2) is 9.41. The molecule has 31 heavy (non-hydrogen) atoms. The largest absolute Gasteiger partial charge is 0.467 e. The van der Waals surface area contributed by atoms with Crippen molar-refractivity contribution in [3.8, 4) is 11.4 Å². The first-order chi connectivity index (χ1) is 15.0. The number of halogens is 1. The van der Waals surface area contributed by atoms with Crippen LogP contribution in [0.3, 0.4) is 0 Å². The van der Waals surface area contributed by atoms with Gasteiger partial charge in [0.2, 0.25) is 5.91 Å². The van der Waals surface area contributed by atoms with Crippen molar-refractivity contribution in [2.45, 2.75) is 25.5 Å². The topological polar surface area (TPSA) is 73.0 Å². The van der Waals surface area contributed by atoms with Crippen LogP contribution in [0.2, 0.25) is 5.02 Å². The predicted molar refractivity (Wildman–Crippen MR) is 124 cm³/mol. The molecule has 0 atom stereocenters. The first kappa shape index (κ1) is 21.2. The van der Waals surface area contributed by atoms with E-state index in [0.29, 0.717) is 22.4 Å². The average molecular weight is 453 g/mol. The minimum absolute atomic E-state index is 0.139. The Kier molecular flexibility index (Phi) is 6.44. The molecule has 4 aromatic rings. The van der Waals surface area contributed by atoms with E-state index in [2.05, 4.69) is 21.6 Å². The second-order valence-corrected chi connectivity index (χ2v) is 8.52. The van der Waals surface area contributed by atoms with Gasteiger partial charge < -0.3 is 9.73 Å². The Bertz CT molecular complexity index is 1200. The third-order valence-electron chi connectivity index (χ3n) is 4.69. The number of aryl methyl sites for hydroxylation is 2. The lowest BCUT2D eigenvalue weighted by atomic mass is 10.1. The number of furan rings is 1. The Morgan fingerprint density at radius 2 is 2.00 bits per heavy atom. The molecule has 4 rings (SSSR count). The number of carbonyl (C=O) groups excluding carboxylic acids is 1. The predicted octanol–water partition coefficient (Wildman–Crippen LogP) is 5.59. The molecule has 0 saturated heterocycles. The molecule has 8 heteroatoms. The number of benzene rings is 2. The molecule has 2 aromatic carbocycles. The van der Waals surface area contributed by atoms with E-state index in [-0.39, 0.29) is 11.7 Å². The number of carbonyl (C=O) groups is 1. The van der Waals surface area contributed by atoms with Crippen LogP contribution in [0.15, 0.2) is 70.4 Å². The summed E-state index contributed by atoms with van der Waals surface area (Å²) in [4.78, 5) is 12.5. The fourth-order valence-corrected chi connectivity index (χ4v) is 4.05. The van der Waals surface area contributed by atoms with Gasteiger partial charge in [-0.3, -0.25) is 9.36 Å². The smallest absolute Gasteiger partial charge is 0.234 e. The highest BCUT2D eigenvalue weighted by molar-refractivity contribution is 7.99. The Morgan fingerprint density at radius 1 is 1.13 bits per heavy atom. The maximum absolute atomic E-state index is 12.5. The van der Waals surface area contributed by atoms with Crippen molar-refractivity contribution in [1.82, 2.24) is 14.8 Å². The summed E-state index contributed by atoms with van der Waals surface area (Å²) < 4.78 is 7.50. The lowest BCUT2D eigenvalue weighted by Gasteiger charge is -2.10. The lowest BCUT2D eigenvalue weighted by molar-refractivity contribution is -0.113. The van der Waals surface area contributed by atoms with Crippen molar-refractivity contribution in [2.75, 3.05) is 11.1 Å². The first-order valence-electron chi connectivity index (χ1n) is 9.71. The van der Waals surface area contributed by atoms with Crippen LogP contribution in [0, 0.1) is 13.8 Å². The monoisotopic (exact) mass is 452 g/mol. The highest BCUT2D eigenvalue weighted by Gasteiger charge is 2.17. The van der Waals surface area contributed by atoms with Crippen molar-refractivity contribution in [3.63, 3.8) is 0 Å². The Labute approximate surface area is 189 Å². The molecule has 158 valence electrons. The quantitative estimate of drug-likeness (QED) is 0.370. The van der Waals surface area contributed by atoms with E-state index >= 15 is 0 Å². The molecule has 0 fully saturated rings. The molecule has 0 aliphatic rings. The van der Waals surface area contributed by atoms with Gasteiger partial charge in [-0.15, -0.1) is 10.2 Å². The fraction of sp³-hybridized carbons (Fsp3) is 0.174. The maximum Gasteiger partial charge on any atom is 0.234 e. The third-order valence-corrected chi connectivity index (χ3v) is 5.90. The van der Waals surface area contributed by atoms with Gasteiger partial charge in [-0.25, -0.2) is 0 Å². The number of nitrogens with one attached hydrogen (secondary N) is 1. The Morgan fingerprint density at radius 3 is 2.77 bits per heavy atom. The van der Waals surface area contributed by atoms with E-state index in [1.807, 2.05) is 54.8 Å². The molecule has 2 heterocycles. The highest BCUT2D eigenvalue weighted by Crippen LogP contribution is 2.26. The molecule has 0 aliphatic heterocycles. The summed E-state index contributed by atoms with van der Waals surface area (Å²) in [7, 11) is 0. The molecule has 0 radical (unpaired) electrons. The van der Waals surface area contributed by atoms with Gasteiger partial charge in [0.25, 0.3) is 0 Å². The van der Waals surface area contributed by atoms with Gasteiger partial charge in [-0.05, 0) is 49.7 Å². The molecule has 0 spiro atoms. The molecule has 1 N–H and O–H groups in total.